The van der Waals surface area contributed by atoms with Crippen LogP contribution in [-0.4, -0.2) is 47.8 Å². The normalized spacial score (nSPS) is 17.8. The first-order valence-corrected chi connectivity index (χ1v) is 8.06. The molecular weight excluding hydrogens is 296 g/mol. The fourth-order valence-corrected chi connectivity index (χ4v) is 2.74. The van der Waals surface area contributed by atoms with Crippen LogP contribution in [0.15, 0.2) is 24.3 Å². The molecule has 2 N–H and O–H groups in total. The Morgan fingerprint density at radius 3 is 2.70 bits per heavy atom. The van der Waals surface area contributed by atoms with Crippen LogP contribution in [0.1, 0.15) is 42.1 Å². The molecule has 1 aromatic carbocycles. The van der Waals surface area contributed by atoms with E-state index in [0.29, 0.717) is 19.8 Å². The molecule has 1 aliphatic rings. The van der Waals surface area contributed by atoms with Gasteiger partial charge in [-0.1, -0.05) is 12.1 Å². The van der Waals surface area contributed by atoms with Crippen LogP contribution in [0.3, 0.4) is 0 Å². The molecule has 1 aromatic rings. The van der Waals surface area contributed by atoms with Crippen molar-refractivity contribution in [1.29, 1.82) is 0 Å². The summed E-state index contributed by atoms with van der Waals surface area (Å²) < 4.78 is 5.47. The average molecular weight is 320 g/mol. The van der Waals surface area contributed by atoms with Gasteiger partial charge in [0.2, 0.25) is 0 Å². The van der Waals surface area contributed by atoms with Crippen molar-refractivity contribution in [2.45, 2.75) is 38.8 Å². The molecule has 0 aromatic heterocycles. The van der Waals surface area contributed by atoms with Crippen molar-refractivity contribution in [3.8, 4) is 0 Å². The fourth-order valence-electron chi connectivity index (χ4n) is 2.74. The van der Waals surface area contributed by atoms with E-state index in [4.69, 9.17) is 9.84 Å². The minimum atomic E-state index is -0.951. The summed E-state index contributed by atoms with van der Waals surface area (Å²) in [7, 11) is 0. The number of hydrogen-bond acceptors (Lipinski definition) is 3. The Hall–Kier alpha value is -2.08. The maximum absolute atomic E-state index is 12.4. The van der Waals surface area contributed by atoms with Crippen molar-refractivity contribution in [2.75, 3.05) is 19.8 Å². The molecule has 1 atom stereocenters. The van der Waals surface area contributed by atoms with Gasteiger partial charge >= 0.3 is 12.0 Å². The topological polar surface area (TPSA) is 78.9 Å². The molecule has 0 spiro atoms. The van der Waals surface area contributed by atoms with Gasteiger partial charge in [-0.05, 0) is 43.9 Å². The summed E-state index contributed by atoms with van der Waals surface area (Å²) in [5.41, 5.74) is 1.12. The Morgan fingerprint density at radius 1 is 1.30 bits per heavy atom. The second-order valence-electron chi connectivity index (χ2n) is 5.66. The molecule has 126 valence electrons. The van der Waals surface area contributed by atoms with Gasteiger partial charge in [-0.15, -0.1) is 0 Å². The number of nitrogens with one attached hydrogen (secondary N) is 1. The van der Waals surface area contributed by atoms with Gasteiger partial charge in [0, 0.05) is 19.7 Å². The van der Waals surface area contributed by atoms with Crippen LogP contribution in [0.4, 0.5) is 4.79 Å². The summed E-state index contributed by atoms with van der Waals surface area (Å²) >= 11 is 0. The van der Waals surface area contributed by atoms with Crippen molar-refractivity contribution in [3.05, 3.63) is 35.4 Å². The molecular formula is C17H24N2O4. The van der Waals surface area contributed by atoms with Gasteiger partial charge in [-0.3, -0.25) is 0 Å². The van der Waals surface area contributed by atoms with Crippen LogP contribution < -0.4 is 5.32 Å². The van der Waals surface area contributed by atoms with E-state index in [1.54, 1.807) is 24.3 Å². The standard InChI is InChI=1S/C17H24N2O4/c1-2-23-12-15-5-3-4-10-19(15)17(22)18-11-13-6-8-14(9-7-13)16(20)21/h6-9,15H,2-5,10-12H2,1H3,(H,18,22)(H,20,21). The quantitative estimate of drug-likeness (QED) is 0.844. The first-order valence-electron chi connectivity index (χ1n) is 8.06. The second-order valence-corrected chi connectivity index (χ2v) is 5.66. The van der Waals surface area contributed by atoms with Gasteiger partial charge in [0.25, 0.3) is 0 Å². The molecule has 0 radical (unpaired) electrons. The molecule has 23 heavy (non-hydrogen) atoms. The van der Waals surface area contributed by atoms with E-state index in [2.05, 4.69) is 5.32 Å². The van der Waals surface area contributed by atoms with Crippen LogP contribution in [0, 0.1) is 0 Å². The summed E-state index contributed by atoms with van der Waals surface area (Å²) in [5, 5.41) is 11.8. The number of hydrogen-bond donors (Lipinski definition) is 2. The number of piperidine rings is 1. The van der Waals surface area contributed by atoms with E-state index in [1.165, 1.54) is 0 Å². The molecule has 0 aliphatic carbocycles. The van der Waals surface area contributed by atoms with Gasteiger partial charge < -0.3 is 20.1 Å². The lowest BCUT2D eigenvalue weighted by Crippen LogP contribution is -2.50. The number of benzene rings is 1. The number of carboxylic acid groups (broad SMARTS) is 1. The predicted molar refractivity (Wildman–Crippen MR) is 86.5 cm³/mol. The number of carboxylic acids is 1. The highest BCUT2D eigenvalue weighted by Gasteiger charge is 2.26. The molecule has 1 heterocycles. The molecule has 2 amide bonds. The van der Waals surface area contributed by atoms with Crippen molar-refractivity contribution in [1.82, 2.24) is 10.2 Å². The Kier molecular flexibility index (Phi) is 6.40. The number of urea groups is 1. The number of ether oxygens (including phenoxy) is 1. The number of amides is 2. The van der Waals surface area contributed by atoms with Crippen molar-refractivity contribution >= 4 is 12.0 Å². The van der Waals surface area contributed by atoms with Crippen LogP contribution in [0.25, 0.3) is 0 Å². The third kappa shape index (κ3) is 4.96. The molecule has 1 fully saturated rings. The Morgan fingerprint density at radius 2 is 2.04 bits per heavy atom. The third-order valence-electron chi connectivity index (χ3n) is 4.05. The lowest BCUT2D eigenvalue weighted by Gasteiger charge is -2.35. The Balaban J connectivity index is 1.88. The molecule has 2 rings (SSSR count). The van der Waals surface area contributed by atoms with Gasteiger partial charge in [0.1, 0.15) is 0 Å². The molecule has 6 nitrogen and oxygen atoms in total. The monoisotopic (exact) mass is 320 g/mol. The molecule has 0 saturated carbocycles. The Bertz CT molecular complexity index is 530. The van der Waals surface area contributed by atoms with E-state index in [-0.39, 0.29) is 17.6 Å². The van der Waals surface area contributed by atoms with Crippen LogP contribution in [0.2, 0.25) is 0 Å². The predicted octanol–water partition coefficient (Wildman–Crippen LogP) is 2.49. The van der Waals surface area contributed by atoms with Crippen molar-refractivity contribution in [3.63, 3.8) is 0 Å². The largest absolute Gasteiger partial charge is 0.478 e. The molecule has 6 heteroatoms. The highest BCUT2D eigenvalue weighted by molar-refractivity contribution is 5.87. The Labute approximate surface area is 136 Å². The number of aromatic carboxylic acids is 1. The van der Waals surface area contributed by atoms with Gasteiger partial charge in [-0.2, -0.15) is 0 Å². The highest BCUT2D eigenvalue weighted by atomic mass is 16.5. The van der Waals surface area contributed by atoms with E-state index in [9.17, 15) is 9.59 Å². The number of nitrogens with zero attached hydrogens (tertiary/aromatic N) is 1. The number of likely N-dealkylation sites (tertiary alicyclic amines) is 1. The van der Waals surface area contributed by atoms with Crippen LogP contribution >= 0.6 is 0 Å². The molecule has 0 bridgehead atoms. The maximum atomic E-state index is 12.4. The van der Waals surface area contributed by atoms with Crippen molar-refractivity contribution in [2.24, 2.45) is 0 Å². The van der Waals surface area contributed by atoms with E-state index in [0.717, 1.165) is 31.4 Å². The lowest BCUT2D eigenvalue weighted by molar-refractivity contribution is 0.0617. The van der Waals surface area contributed by atoms with Crippen molar-refractivity contribution < 1.29 is 19.4 Å². The smallest absolute Gasteiger partial charge is 0.335 e. The maximum Gasteiger partial charge on any atom is 0.335 e. The van der Waals surface area contributed by atoms with Gasteiger partial charge in [0.05, 0.1) is 18.2 Å². The average Bonchev–Trinajstić information content (AvgIpc) is 2.58. The SMILES string of the molecule is CCOCC1CCCCN1C(=O)NCc1ccc(C(=O)O)cc1. The van der Waals surface area contributed by atoms with E-state index >= 15 is 0 Å². The number of carbonyl (C=O) groups is 2. The number of rotatable bonds is 6. The minimum absolute atomic E-state index is 0.0864. The molecule has 1 saturated heterocycles. The summed E-state index contributed by atoms with van der Waals surface area (Å²) in [5.74, 6) is -0.951. The third-order valence-corrected chi connectivity index (χ3v) is 4.05. The zero-order chi connectivity index (χ0) is 16.7. The summed E-state index contributed by atoms with van der Waals surface area (Å²) in [6.45, 7) is 4.32. The minimum Gasteiger partial charge on any atom is -0.478 e. The van der Waals surface area contributed by atoms with E-state index < -0.39 is 5.97 Å². The lowest BCUT2D eigenvalue weighted by atomic mass is 10.0. The fraction of sp³-hybridized carbons (Fsp3) is 0.529. The second kappa shape index (κ2) is 8.53. The van der Waals surface area contributed by atoms with Gasteiger partial charge in [-0.25, -0.2) is 9.59 Å². The van der Waals surface area contributed by atoms with Gasteiger partial charge in [0.15, 0.2) is 0 Å². The summed E-state index contributed by atoms with van der Waals surface area (Å²) in [6.07, 6.45) is 3.11. The number of carbonyl (C=O) groups excluding carboxylic acids is 1. The molecule has 1 unspecified atom stereocenters. The first-order chi connectivity index (χ1) is 11.1. The zero-order valence-electron chi connectivity index (χ0n) is 13.5. The highest BCUT2D eigenvalue weighted by Crippen LogP contribution is 2.17. The van der Waals surface area contributed by atoms with Crippen LogP contribution in [-0.2, 0) is 11.3 Å². The zero-order valence-corrected chi connectivity index (χ0v) is 13.5. The van der Waals surface area contributed by atoms with E-state index in [1.807, 2.05) is 11.8 Å². The summed E-state index contributed by atoms with van der Waals surface area (Å²) in [6, 6.07) is 6.58. The van der Waals surface area contributed by atoms with Crippen LogP contribution in [0.5, 0.6) is 0 Å². The molecule has 1 aliphatic heterocycles. The first kappa shape index (κ1) is 17.3. The summed E-state index contributed by atoms with van der Waals surface area (Å²) in [4.78, 5) is 25.1.